The highest BCUT2D eigenvalue weighted by atomic mass is 16.5. The third kappa shape index (κ3) is 3.17. The Hall–Kier alpha value is -2.28. The van der Waals surface area contributed by atoms with Gasteiger partial charge in [-0.15, -0.1) is 0 Å². The van der Waals surface area contributed by atoms with E-state index < -0.39 is 0 Å². The van der Waals surface area contributed by atoms with Gasteiger partial charge in [0.2, 0.25) is 5.95 Å². The first-order valence-corrected chi connectivity index (χ1v) is 8.30. The zero-order valence-electron chi connectivity index (χ0n) is 14.3. The van der Waals surface area contributed by atoms with Gasteiger partial charge in [-0.05, 0) is 37.8 Å². The van der Waals surface area contributed by atoms with Crippen molar-refractivity contribution < 1.29 is 9.47 Å². The fraction of sp³-hybridized carbons (Fsp3) is 0.529. The standard InChI is InChI=1S/C17H25N5O2/c1-23-14-9-12-13(10-15(14)24-2)20-17(19)21-16(12)22-7-4-11(3-6-18)5-8-22/h9-11H,3-8,18H2,1-2H3,(H2,19,20,21). The molecule has 0 bridgehead atoms. The number of benzene rings is 1. The molecular formula is C17H25N5O2. The fourth-order valence-corrected chi connectivity index (χ4v) is 3.37. The lowest BCUT2D eigenvalue weighted by atomic mass is 9.93. The van der Waals surface area contributed by atoms with Crippen LogP contribution in [0.15, 0.2) is 12.1 Å². The Morgan fingerprint density at radius 2 is 1.79 bits per heavy atom. The number of nitrogens with zero attached hydrogens (tertiary/aromatic N) is 3. The molecule has 1 fully saturated rings. The number of piperidine rings is 1. The molecule has 24 heavy (non-hydrogen) atoms. The minimum Gasteiger partial charge on any atom is -0.493 e. The number of anilines is 2. The van der Waals surface area contributed by atoms with Gasteiger partial charge in [-0.2, -0.15) is 4.98 Å². The summed E-state index contributed by atoms with van der Waals surface area (Å²) in [6.07, 6.45) is 3.33. The Bertz CT molecular complexity index is 714. The van der Waals surface area contributed by atoms with Crippen molar-refractivity contribution in [3.05, 3.63) is 12.1 Å². The molecule has 1 aromatic carbocycles. The maximum absolute atomic E-state index is 5.93. The average Bonchev–Trinajstić information content (AvgIpc) is 2.60. The molecule has 0 amide bonds. The van der Waals surface area contributed by atoms with E-state index in [0.717, 1.165) is 55.6 Å². The number of aromatic nitrogens is 2. The molecule has 1 aliphatic heterocycles. The first-order chi connectivity index (χ1) is 11.7. The minimum atomic E-state index is 0.272. The highest BCUT2D eigenvalue weighted by Crippen LogP contribution is 2.36. The lowest BCUT2D eigenvalue weighted by Crippen LogP contribution is -2.35. The summed E-state index contributed by atoms with van der Waals surface area (Å²) in [7, 11) is 3.23. The van der Waals surface area contributed by atoms with Crippen LogP contribution in [0.2, 0.25) is 0 Å². The number of fused-ring (bicyclic) bond motifs is 1. The van der Waals surface area contributed by atoms with Gasteiger partial charge in [0.05, 0.1) is 19.7 Å². The predicted molar refractivity (Wildman–Crippen MR) is 95.7 cm³/mol. The van der Waals surface area contributed by atoms with E-state index in [1.165, 1.54) is 0 Å². The molecule has 3 rings (SSSR count). The van der Waals surface area contributed by atoms with Crippen molar-refractivity contribution in [3.8, 4) is 11.5 Å². The third-order valence-corrected chi connectivity index (χ3v) is 4.69. The quantitative estimate of drug-likeness (QED) is 0.861. The van der Waals surface area contributed by atoms with E-state index in [-0.39, 0.29) is 5.95 Å². The monoisotopic (exact) mass is 331 g/mol. The molecule has 0 aliphatic carbocycles. The van der Waals surface area contributed by atoms with Crippen molar-refractivity contribution >= 4 is 22.7 Å². The third-order valence-electron chi connectivity index (χ3n) is 4.69. The molecule has 0 saturated carbocycles. The second-order valence-electron chi connectivity index (χ2n) is 6.14. The van der Waals surface area contributed by atoms with Gasteiger partial charge >= 0.3 is 0 Å². The summed E-state index contributed by atoms with van der Waals surface area (Å²) in [5.74, 6) is 3.14. The second-order valence-corrected chi connectivity index (χ2v) is 6.14. The minimum absolute atomic E-state index is 0.272. The van der Waals surface area contributed by atoms with Gasteiger partial charge in [-0.3, -0.25) is 0 Å². The number of hydrogen-bond donors (Lipinski definition) is 2. The molecule has 2 heterocycles. The van der Waals surface area contributed by atoms with Gasteiger partial charge in [0, 0.05) is 24.5 Å². The molecule has 0 spiro atoms. The van der Waals surface area contributed by atoms with Crippen LogP contribution < -0.4 is 25.8 Å². The summed E-state index contributed by atoms with van der Waals surface area (Å²) in [4.78, 5) is 11.1. The van der Waals surface area contributed by atoms with E-state index in [2.05, 4.69) is 14.9 Å². The lowest BCUT2D eigenvalue weighted by molar-refractivity contribution is 0.355. The van der Waals surface area contributed by atoms with E-state index in [1.54, 1.807) is 14.2 Å². The first kappa shape index (κ1) is 16.6. The van der Waals surface area contributed by atoms with E-state index in [9.17, 15) is 0 Å². The SMILES string of the molecule is COc1cc2nc(N)nc(N3CCC(CCN)CC3)c2cc1OC. The Morgan fingerprint density at radius 3 is 2.42 bits per heavy atom. The number of nitrogen functional groups attached to an aromatic ring is 1. The number of ether oxygens (including phenoxy) is 2. The molecule has 7 nitrogen and oxygen atoms in total. The van der Waals surface area contributed by atoms with Gasteiger partial charge in [-0.25, -0.2) is 4.98 Å². The smallest absolute Gasteiger partial charge is 0.222 e. The van der Waals surface area contributed by atoms with E-state index in [4.69, 9.17) is 20.9 Å². The van der Waals surface area contributed by atoms with Crippen LogP contribution in [0.4, 0.5) is 11.8 Å². The molecule has 4 N–H and O–H groups in total. The van der Waals surface area contributed by atoms with Crippen LogP contribution in [0.3, 0.4) is 0 Å². The van der Waals surface area contributed by atoms with E-state index in [0.29, 0.717) is 17.4 Å². The highest BCUT2D eigenvalue weighted by molar-refractivity contribution is 5.93. The van der Waals surface area contributed by atoms with Crippen LogP contribution >= 0.6 is 0 Å². The molecule has 0 radical (unpaired) electrons. The summed E-state index contributed by atoms with van der Waals surface area (Å²) in [5, 5.41) is 0.930. The van der Waals surface area contributed by atoms with Crippen molar-refractivity contribution in [2.45, 2.75) is 19.3 Å². The predicted octanol–water partition coefficient (Wildman–Crippen LogP) is 1.79. The number of nitrogens with two attached hydrogens (primary N) is 2. The van der Waals surface area contributed by atoms with Gasteiger partial charge in [0.1, 0.15) is 5.82 Å². The average molecular weight is 331 g/mol. The molecule has 130 valence electrons. The summed E-state index contributed by atoms with van der Waals surface area (Å²) >= 11 is 0. The lowest BCUT2D eigenvalue weighted by Gasteiger charge is -2.33. The zero-order chi connectivity index (χ0) is 17.1. The van der Waals surface area contributed by atoms with Gasteiger partial charge < -0.3 is 25.8 Å². The van der Waals surface area contributed by atoms with Crippen molar-refractivity contribution in [1.82, 2.24) is 9.97 Å². The summed E-state index contributed by atoms with van der Waals surface area (Å²) in [5.41, 5.74) is 12.4. The van der Waals surface area contributed by atoms with E-state index in [1.807, 2.05) is 12.1 Å². The normalized spacial score (nSPS) is 15.7. The van der Waals surface area contributed by atoms with Gasteiger partial charge in [0.15, 0.2) is 11.5 Å². The molecule has 1 saturated heterocycles. The molecular weight excluding hydrogens is 306 g/mol. The van der Waals surface area contributed by atoms with Crippen LogP contribution in [0, 0.1) is 5.92 Å². The van der Waals surface area contributed by atoms with Gasteiger partial charge in [-0.1, -0.05) is 0 Å². The largest absolute Gasteiger partial charge is 0.493 e. The highest BCUT2D eigenvalue weighted by Gasteiger charge is 2.22. The van der Waals surface area contributed by atoms with E-state index >= 15 is 0 Å². The summed E-state index contributed by atoms with van der Waals surface area (Å²) < 4.78 is 10.8. The molecule has 1 aromatic heterocycles. The van der Waals surface area contributed by atoms with Crippen LogP contribution in [0.25, 0.3) is 10.9 Å². The van der Waals surface area contributed by atoms with Gasteiger partial charge in [0.25, 0.3) is 0 Å². The van der Waals surface area contributed by atoms with Crippen LogP contribution in [0.1, 0.15) is 19.3 Å². The topological polar surface area (TPSA) is 99.5 Å². The summed E-state index contributed by atoms with van der Waals surface area (Å²) in [6.45, 7) is 2.65. The van der Waals surface area contributed by atoms with Crippen LogP contribution in [-0.2, 0) is 0 Å². The molecule has 0 atom stereocenters. The number of rotatable bonds is 5. The molecule has 1 aliphatic rings. The van der Waals surface area contributed by atoms with Crippen molar-refractivity contribution in [2.24, 2.45) is 11.7 Å². The van der Waals surface area contributed by atoms with Crippen molar-refractivity contribution in [1.29, 1.82) is 0 Å². The number of methoxy groups -OCH3 is 2. The Morgan fingerprint density at radius 1 is 1.12 bits per heavy atom. The summed E-state index contributed by atoms with van der Waals surface area (Å²) in [6, 6.07) is 3.77. The first-order valence-electron chi connectivity index (χ1n) is 8.30. The van der Waals surface area contributed by atoms with Crippen molar-refractivity contribution in [3.63, 3.8) is 0 Å². The maximum atomic E-state index is 5.93. The second kappa shape index (κ2) is 7.09. The maximum Gasteiger partial charge on any atom is 0.222 e. The Labute approximate surface area is 141 Å². The van der Waals surface area contributed by atoms with Crippen LogP contribution in [0.5, 0.6) is 11.5 Å². The molecule has 0 unspecified atom stereocenters. The van der Waals surface area contributed by atoms with Crippen molar-refractivity contribution in [2.75, 3.05) is 44.5 Å². The van der Waals surface area contributed by atoms with Crippen LogP contribution in [-0.4, -0.2) is 43.8 Å². The molecule has 2 aromatic rings. The molecule has 7 heteroatoms. The fourth-order valence-electron chi connectivity index (χ4n) is 3.37. The Kier molecular flexibility index (Phi) is 4.89. The Balaban J connectivity index is 1.98. The zero-order valence-corrected chi connectivity index (χ0v) is 14.3. The number of hydrogen-bond acceptors (Lipinski definition) is 7.